The predicted molar refractivity (Wildman–Crippen MR) is 107 cm³/mol. The number of hydrogen-bond acceptors (Lipinski definition) is 6. The zero-order chi connectivity index (χ0) is 19.4. The van der Waals surface area contributed by atoms with Gasteiger partial charge in [-0.1, -0.05) is 22.9 Å². The second-order valence-corrected chi connectivity index (χ2v) is 8.34. The van der Waals surface area contributed by atoms with Crippen LogP contribution in [0.1, 0.15) is 11.8 Å². The molecular weight excluding hydrogens is 410 g/mol. The number of thiophene rings is 1. The van der Waals surface area contributed by atoms with Crippen molar-refractivity contribution < 1.29 is 14.5 Å². The van der Waals surface area contributed by atoms with E-state index in [-0.39, 0.29) is 18.0 Å². The van der Waals surface area contributed by atoms with Gasteiger partial charge in [0, 0.05) is 30.2 Å². The Kier molecular flexibility index (Phi) is 6.38. The van der Waals surface area contributed by atoms with Crippen molar-refractivity contribution >= 4 is 56.1 Å². The van der Waals surface area contributed by atoms with Crippen molar-refractivity contribution in [2.75, 3.05) is 13.2 Å². The normalized spacial score (nSPS) is 12.0. The first-order valence-electron chi connectivity index (χ1n) is 8.15. The molecule has 142 valence electrons. The highest BCUT2D eigenvalue weighted by Crippen LogP contribution is 2.24. The predicted octanol–water partition coefficient (Wildman–Crippen LogP) is 4.03. The van der Waals surface area contributed by atoms with Gasteiger partial charge in [-0.15, -0.1) is 11.3 Å². The van der Waals surface area contributed by atoms with E-state index in [1.807, 2.05) is 11.5 Å². The molecule has 0 atom stereocenters. The molecule has 0 unspecified atom stereocenters. The smallest absolute Gasteiger partial charge is 0.270 e. The standard InChI is InChI=1S/C17H16ClN3O4S2/c1-2-25-8-7-20-13-5-3-11(21(23)24)9-14(13)27-17(20)19-16(22)10-12-4-6-15(18)26-12/h3-6,9H,2,7-8,10H2,1H3. The minimum Gasteiger partial charge on any atom is -0.380 e. The van der Waals surface area contributed by atoms with E-state index in [1.165, 1.54) is 34.8 Å². The Balaban J connectivity index is 1.98. The first kappa shape index (κ1) is 19.7. The molecule has 2 aromatic heterocycles. The Labute approximate surface area is 167 Å². The first-order chi connectivity index (χ1) is 13.0. The summed E-state index contributed by atoms with van der Waals surface area (Å²) in [5, 5.41) is 11.0. The Bertz CT molecular complexity index is 1050. The third-order valence-corrected chi connectivity index (χ3v) is 5.99. The summed E-state index contributed by atoms with van der Waals surface area (Å²) in [6, 6.07) is 8.18. The third-order valence-electron chi connectivity index (χ3n) is 3.72. The van der Waals surface area contributed by atoms with Crippen molar-refractivity contribution in [2.24, 2.45) is 4.99 Å². The average molecular weight is 426 g/mol. The van der Waals surface area contributed by atoms with Gasteiger partial charge in [0.15, 0.2) is 4.80 Å². The highest BCUT2D eigenvalue weighted by molar-refractivity contribution is 7.16. The van der Waals surface area contributed by atoms with Gasteiger partial charge in [-0.2, -0.15) is 4.99 Å². The Hall–Kier alpha value is -2.07. The number of halogens is 1. The summed E-state index contributed by atoms with van der Waals surface area (Å²) >= 11 is 8.49. The van der Waals surface area contributed by atoms with Gasteiger partial charge in [-0.3, -0.25) is 14.9 Å². The number of rotatable bonds is 7. The van der Waals surface area contributed by atoms with Gasteiger partial charge in [-0.05, 0) is 25.1 Å². The van der Waals surface area contributed by atoms with Crippen LogP contribution in [-0.4, -0.2) is 28.6 Å². The number of aromatic nitrogens is 1. The summed E-state index contributed by atoms with van der Waals surface area (Å²) in [5.41, 5.74) is 0.794. The van der Waals surface area contributed by atoms with Gasteiger partial charge in [0.25, 0.3) is 11.6 Å². The highest BCUT2D eigenvalue weighted by Gasteiger charge is 2.13. The quantitative estimate of drug-likeness (QED) is 0.325. The lowest BCUT2D eigenvalue weighted by Gasteiger charge is -2.05. The molecule has 27 heavy (non-hydrogen) atoms. The number of hydrogen-bond donors (Lipinski definition) is 0. The summed E-state index contributed by atoms with van der Waals surface area (Å²) in [6.45, 7) is 3.45. The molecule has 0 bridgehead atoms. The van der Waals surface area contributed by atoms with Crippen molar-refractivity contribution in [2.45, 2.75) is 19.9 Å². The van der Waals surface area contributed by atoms with Crippen LogP contribution in [0.3, 0.4) is 0 Å². The van der Waals surface area contributed by atoms with Crippen LogP contribution in [0.2, 0.25) is 4.34 Å². The van der Waals surface area contributed by atoms with Gasteiger partial charge in [0.1, 0.15) is 0 Å². The van der Waals surface area contributed by atoms with Gasteiger partial charge in [-0.25, -0.2) is 0 Å². The van der Waals surface area contributed by atoms with Crippen LogP contribution in [0, 0.1) is 10.1 Å². The fourth-order valence-electron chi connectivity index (χ4n) is 2.52. The lowest BCUT2D eigenvalue weighted by molar-refractivity contribution is -0.384. The number of carbonyl (C=O) groups excluding carboxylic acids is 1. The Morgan fingerprint density at radius 3 is 2.81 bits per heavy atom. The molecule has 1 amide bonds. The number of nitro benzene ring substituents is 1. The molecule has 7 nitrogen and oxygen atoms in total. The second kappa shape index (κ2) is 8.75. The number of non-ortho nitro benzene ring substituents is 1. The van der Waals surface area contributed by atoms with Gasteiger partial charge < -0.3 is 9.30 Å². The zero-order valence-electron chi connectivity index (χ0n) is 14.4. The number of nitro groups is 1. The molecule has 0 saturated heterocycles. The largest absolute Gasteiger partial charge is 0.380 e. The van der Waals surface area contributed by atoms with E-state index in [0.717, 1.165) is 10.4 Å². The van der Waals surface area contributed by atoms with Crippen molar-refractivity contribution in [1.82, 2.24) is 4.57 Å². The Morgan fingerprint density at radius 1 is 1.33 bits per heavy atom. The maximum absolute atomic E-state index is 12.4. The number of benzene rings is 1. The van der Waals surface area contributed by atoms with Gasteiger partial charge in [0.05, 0.1) is 32.5 Å². The molecule has 0 N–H and O–H groups in total. The monoisotopic (exact) mass is 425 g/mol. The summed E-state index contributed by atoms with van der Waals surface area (Å²) < 4.78 is 8.60. The third kappa shape index (κ3) is 4.81. The van der Waals surface area contributed by atoms with Crippen LogP contribution in [-0.2, 0) is 22.5 Å². The number of nitrogens with zero attached hydrogens (tertiary/aromatic N) is 3. The number of fused-ring (bicyclic) bond motifs is 1. The second-order valence-electron chi connectivity index (χ2n) is 5.53. The molecule has 1 aromatic carbocycles. The minimum atomic E-state index is -0.438. The van der Waals surface area contributed by atoms with Crippen LogP contribution >= 0.6 is 34.3 Å². The van der Waals surface area contributed by atoms with Crippen LogP contribution in [0.5, 0.6) is 0 Å². The molecular formula is C17H16ClN3O4S2. The molecule has 3 rings (SSSR count). The van der Waals surface area contributed by atoms with Crippen LogP contribution < -0.4 is 4.80 Å². The van der Waals surface area contributed by atoms with Crippen LogP contribution in [0.25, 0.3) is 10.2 Å². The molecule has 0 radical (unpaired) electrons. The van der Waals surface area contributed by atoms with Crippen LogP contribution in [0.15, 0.2) is 35.3 Å². The van der Waals surface area contributed by atoms with E-state index in [0.29, 0.717) is 33.6 Å². The molecule has 0 fully saturated rings. The summed E-state index contributed by atoms with van der Waals surface area (Å²) in [7, 11) is 0. The fourth-order valence-corrected chi connectivity index (χ4v) is 4.70. The molecule has 2 heterocycles. The van der Waals surface area contributed by atoms with E-state index in [2.05, 4.69) is 4.99 Å². The molecule has 0 aliphatic carbocycles. The Morgan fingerprint density at radius 2 is 2.15 bits per heavy atom. The van der Waals surface area contributed by atoms with Crippen molar-refractivity contribution in [3.63, 3.8) is 0 Å². The molecule has 0 spiro atoms. The topological polar surface area (TPSA) is 86.7 Å². The molecule has 0 aliphatic rings. The molecule has 10 heteroatoms. The van der Waals surface area contributed by atoms with E-state index < -0.39 is 4.92 Å². The van der Waals surface area contributed by atoms with Crippen molar-refractivity contribution in [3.05, 3.63) is 54.5 Å². The summed E-state index contributed by atoms with van der Waals surface area (Å²) in [6.07, 6.45) is 0.164. The number of carbonyl (C=O) groups is 1. The molecule has 0 saturated carbocycles. The van der Waals surface area contributed by atoms with Gasteiger partial charge >= 0.3 is 0 Å². The highest BCUT2D eigenvalue weighted by atomic mass is 35.5. The first-order valence-corrected chi connectivity index (χ1v) is 10.2. The van der Waals surface area contributed by atoms with E-state index in [1.54, 1.807) is 18.2 Å². The SMILES string of the molecule is CCOCCn1c(=NC(=O)Cc2ccc(Cl)s2)sc2cc([N+](=O)[O-])ccc21. The van der Waals surface area contributed by atoms with Crippen LogP contribution in [0.4, 0.5) is 5.69 Å². The number of ether oxygens (including phenoxy) is 1. The van der Waals surface area contributed by atoms with Crippen molar-refractivity contribution in [3.8, 4) is 0 Å². The lowest BCUT2D eigenvalue weighted by atomic mass is 10.3. The molecule has 0 aliphatic heterocycles. The number of thiazole rings is 1. The molecule has 3 aromatic rings. The van der Waals surface area contributed by atoms with E-state index >= 15 is 0 Å². The average Bonchev–Trinajstić information content (AvgIpc) is 3.17. The summed E-state index contributed by atoms with van der Waals surface area (Å²) in [5.74, 6) is -0.292. The maximum Gasteiger partial charge on any atom is 0.270 e. The minimum absolute atomic E-state index is 0.00631. The maximum atomic E-state index is 12.4. The summed E-state index contributed by atoms with van der Waals surface area (Å²) in [4.78, 5) is 28.5. The lowest BCUT2D eigenvalue weighted by Crippen LogP contribution is -2.20. The van der Waals surface area contributed by atoms with Crippen molar-refractivity contribution in [1.29, 1.82) is 0 Å². The van der Waals surface area contributed by atoms with E-state index in [9.17, 15) is 14.9 Å². The van der Waals surface area contributed by atoms with E-state index in [4.69, 9.17) is 16.3 Å². The zero-order valence-corrected chi connectivity index (χ0v) is 16.8. The number of amides is 1. The van der Waals surface area contributed by atoms with Gasteiger partial charge in [0.2, 0.25) is 0 Å². The fraction of sp³-hybridized carbons (Fsp3) is 0.294.